The second kappa shape index (κ2) is 4.53. The van der Waals surface area contributed by atoms with Crippen LogP contribution in [0, 0.1) is 0 Å². The highest BCUT2D eigenvalue weighted by Crippen LogP contribution is 2.34. The summed E-state index contributed by atoms with van der Waals surface area (Å²) in [6.45, 7) is 0.900. The average molecular weight is 221 g/mol. The fraction of sp³-hybridized carbons (Fsp3) is 0.417. The van der Waals surface area contributed by atoms with Crippen molar-refractivity contribution in [3.63, 3.8) is 0 Å². The van der Waals surface area contributed by atoms with E-state index < -0.39 is 5.92 Å². The van der Waals surface area contributed by atoms with E-state index in [2.05, 4.69) is 0 Å². The molecule has 0 saturated carbocycles. The van der Waals surface area contributed by atoms with Crippen LogP contribution in [0.1, 0.15) is 17.0 Å². The fourth-order valence-electron chi connectivity index (χ4n) is 2.01. The molecule has 4 heteroatoms. The lowest BCUT2D eigenvalue weighted by atomic mass is 9.96. The molecule has 2 rings (SSSR count). The van der Waals surface area contributed by atoms with Crippen molar-refractivity contribution in [2.45, 2.75) is 12.3 Å². The van der Waals surface area contributed by atoms with Crippen LogP contribution in [-0.2, 0) is 16.0 Å². The van der Waals surface area contributed by atoms with Gasteiger partial charge < -0.3 is 15.2 Å². The number of methoxy groups -OCH3 is 1. The molecule has 0 amide bonds. The number of carbonyl (C=O) groups is 1. The number of ether oxygens (including phenoxy) is 2. The first kappa shape index (κ1) is 11.0. The maximum atomic E-state index is 11.6. The highest BCUT2D eigenvalue weighted by atomic mass is 16.5. The minimum atomic E-state index is -0.432. The first-order chi connectivity index (χ1) is 7.77. The Bertz CT molecular complexity index is 403. The van der Waals surface area contributed by atoms with Crippen molar-refractivity contribution in [1.29, 1.82) is 0 Å². The molecule has 0 aromatic heterocycles. The molecule has 0 aliphatic carbocycles. The van der Waals surface area contributed by atoms with Crippen LogP contribution < -0.4 is 10.5 Å². The number of para-hydroxylation sites is 1. The highest BCUT2D eigenvalue weighted by molar-refractivity contribution is 5.79. The number of rotatable bonds is 3. The Kier molecular flexibility index (Phi) is 3.10. The number of hydrogen-bond donors (Lipinski definition) is 1. The van der Waals surface area contributed by atoms with Gasteiger partial charge in [0.2, 0.25) is 0 Å². The van der Waals surface area contributed by atoms with Gasteiger partial charge in [0, 0.05) is 18.5 Å². The molecule has 1 heterocycles. The summed E-state index contributed by atoms with van der Waals surface area (Å²) in [6.07, 6.45) is 0.891. The second-order valence-electron chi connectivity index (χ2n) is 3.75. The van der Waals surface area contributed by atoms with Crippen molar-refractivity contribution >= 4 is 5.97 Å². The summed E-state index contributed by atoms with van der Waals surface area (Å²) in [6, 6.07) is 5.81. The number of benzene rings is 1. The van der Waals surface area contributed by atoms with E-state index in [4.69, 9.17) is 15.2 Å². The summed E-state index contributed by atoms with van der Waals surface area (Å²) in [5.74, 6) is 0.0628. The molecule has 0 saturated heterocycles. The van der Waals surface area contributed by atoms with E-state index in [0.29, 0.717) is 6.61 Å². The summed E-state index contributed by atoms with van der Waals surface area (Å²) in [5, 5.41) is 0. The fourth-order valence-corrected chi connectivity index (χ4v) is 2.01. The van der Waals surface area contributed by atoms with Crippen molar-refractivity contribution in [3.8, 4) is 5.75 Å². The maximum Gasteiger partial charge on any atom is 0.314 e. The standard InChI is InChI=1S/C12H15NO3/c1-15-12(14)10(7-13)9-4-2-3-8-5-6-16-11(8)9/h2-4,10H,5-7,13H2,1H3. The van der Waals surface area contributed by atoms with Crippen LogP contribution in [0.15, 0.2) is 18.2 Å². The van der Waals surface area contributed by atoms with Gasteiger partial charge in [0.05, 0.1) is 19.6 Å². The topological polar surface area (TPSA) is 61.5 Å². The maximum absolute atomic E-state index is 11.6. The molecule has 4 nitrogen and oxygen atoms in total. The van der Waals surface area contributed by atoms with Crippen molar-refractivity contribution in [2.24, 2.45) is 5.73 Å². The molecule has 1 unspecified atom stereocenters. The zero-order chi connectivity index (χ0) is 11.5. The summed E-state index contributed by atoms with van der Waals surface area (Å²) in [7, 11) is 1.37. The lowest BCUT2D eigenvalue weighted by Crippen LogP contribution is -2.23. The van der Waals surface area contributed by atoms with Gasteiger partial charge in [-0.05, 0) is 5.56 Å². The summed E-state index contributed by atoms with van der Waals surface area (Å²) in [4.78, 5) is 11.6. The summed E-state index contributed by atoms with van der Waals surface area (Å²) < 4.78 is 10.3. The van der Waals surface area contributed by atoms with Gasteiger partial charge in [0.15, 0.2) is 0 Å². The Balaban J connectivity index is 2.39. The smallest absolute Gasteiger partial charge is 0.314 e. The Morgan fingerprint density at radius 1 is 1.62 bits per heavy atom. The molecular weight excluding hydrogens is 206 g/mol. The number of carbonyl (C=O) groups excluding carboxylic acids is 1. The monoisotopic (exact) mass is 221 g/mol. The Labute approximate surface area is 94.3 Å². The molecule has 1 aromatic rings. The predicted molar refractivity (Wildman–Crippen MR) is 59.5 cm³/mol. The first-order valence-electron chi connectivity index (χ1n) is 5.30. The van der Waals surface area contributed by atoms with Gasteiger partial charge in [-0.3, -0.25) is 4.79 Å². The zero-order valence-corrected chi connectivity index (χ0v) is 9.23. The van der Waals surface area contributed by atoms with E-state index >= 15 is 0 Å². The quantitative estimate of drug-likeness (QED) is 0.768. The molecule has 2 N–H and O–H groups in total. The molecule has 86 valence electrons. The molecule has 0 fully saturated rings. The van der Waals surface area contributed by atoms with Crippen molar-refractivity contribution in [3.05, 3.63) is 29.3 Å². The van der Waals surface area contributed by atoms with Gasteiger partial charge in [-0.1, -0.05) is 18.2 Å². The third-order valence-corrected chi connectivity index (χ3v) is 2.84. The van der Waals surface area contributed by atoms with E-state index in [1.165, 1.54) is 7.11 Å². The Morgan fingerprint density at radius 2 is 2.44 bits per heavy atom. The number of esters is 1. The van der Waals surface area contributed by atoms with Crippen LogP contribution in [0.2, 0.25) is 0 Å². The third-order valence-electron chi connectivity index (χ3n) is 2.84. The average Bonchev–Trinajstić information content (AvgIpc) is 2.78. The Morgan fingerprint density at radius 3 is 3.12 bits per heavy atom. The van der Waals surface area contributed by atoms with Gasteiger partial charge in [0.1, 0.15) is 5.75 Å². The van der Waals surface area contributed by atoms with Crippen LogP contribution >= 0.6 is 0 Å². The molecule has 1 aliphatic heterocycles. The Hall–Kier alpha value is -1.55. The van der Waals surface area contributed by atoms with Gasteiger partial charge in [-0.25, -0.2) is 0 Å². The normalized spacial score (nSPS) is 15.1. The highest BCUT2D eigenvalue weighted by Gasteiger charge is 2.26. The number of nitrogens with two attached hydrogens (primary N) is 1. The van der Waals surface area contributed by atoms with E-state index in [-0.39, 0.29) is 12.5 Å². The van der Waals surface area contributed by atoms with Crippen LogP contribution in [-0.4, -0.2) is 26.2 Å². The van der Waals surface area contributed by atoms with Gasteiger partial charge in [-0.2, -0.15) is 0 Å². The van der Waals surface area contributed by atoms with Crippen molar-refractivity contribution in [1.82, 2.24) is 0 Å². The minimum Gasteiger partial charge on any atom is -0.493 e. The minimum absolute atomic E-state index is 0.229. The second-order valence-corrected chi connectivity index (χ2v) is 3.75. The van der Waals surface area contributed by atoms with Crippen LogP contribution in [0.5, 0.6) is 5.75 Å². The zero-order valence-electron chi connectivity index (χ0n) is 9.23. The van der Waals surface area contributed by atoms with Gasteiger partial charge in [-0.15, -0.1) is 0 Å². The summed E-state index contributed by atoms with van der Waals surface area (Å²) >= 11 is 0. The molecule has 1 aliphatic rings. The summed E-state index contributed by atoms with van der Waals surface area (Å²) in [5.41, 5.74) is 7.60. The van der Waals surface area contributed by atoms with Gasteiger partial charge >= 0.3 is 5.97 Å². The molecule has 0 bridgehead atoms. The van der Waals surface area contributed by atoms with Crippen molar-refractivity contribution in [2.75, 3.05) is 20.3 Å². The van der Waals surface area contributed by atoms with Crippen LogP contribution in [0.4, 0.5) is 0 Å². The molecular formula is C12H15NO3. The number of fused-ring (bicyclic) bond motifs is 1. The van der Waals surface area contributed by atoms with E-state index in [9.17, 15) is 4.79 Å². The molecule has 0 spiro atoms. The molecule has 1 aromatic carbocycles. The lowest BCUT2D eigenvalue weighted by molar-refractivity contribution is -0.142. The van der Waals surface area contributed by atoms with Crippen LogP contribution in [0.25, 0.3) is 0 Å². The number of hydrogen-bond acceptors (Lipinski definition) is 4. The third kappa shape index (κ3) is 1.76. The molecule has 16 heavy (non-hydrogen) atoms. The van der Waals surface area contributed by atoms with E-state index in [1.54, 1.807) is 0 Å². The van der Waals surface area contributed by atoms with Crippen molar-refractivity contribution < 1.29 is 14.3 Å². The largest absolute Gasteiger partial charge is 0.493 e. The van der Waals surface area contributed by atoms with Gasteiger partial charge in [0.25, 0.3) is 0 Å². The molecule has 0 radical (unpaired) electrons. The predicted octanol–water partition coefficient (Wildman–Crippen LogP) is 0.837. The SMILES string of the molecule is COC(=O)C(CN)c1cccc2c1OCC2. The van der Waals surface area contributed by atoms with E-state index in [1.807, 2.05) is 18.2 Å². The molecule has 1 atom stereocenters. The van der Waals surface area contributed by atoms with Crippen LogP contribution in [0.3, 0.4) is 0 Å². The lowest BCUT2D eigenvalue weighted by Gasteiger charge is -2.15. The van der Waals surface area contributed by atoms with E-state index in [0.717, 1.165) is 23.3 Å². The first-order valence-corrected chi connectivity index (χ1v) is 5.30.